The summed E-state index contributed by atoms with van der Waals surface area (Å²) >= 11 is 0. The maximum Gasteiger partial charge on any atom is 0.349 e. The molecule has 0 spiro atoms. The number of rotatable bonds is 11. The van der Waals surface area contributed by atoms with Gasteiger partial charge in [-0.1, -0.05) is 75.1 Å². The van der Waals surface area contributed by atoms with Crippen LogP contribution in [-0.2, 0) is 4.79 Å². The van der Waals surface area contributed by atoms with Gasteiger partial charge in [-0.25, -0.2) is 4.79 Å². The second-order valence-corrected chi connectivity index (χ2v) is 6.98. The Hall–Kier alpha value is -3.01. The van der Waals surface area contributed by atoms with Gasteiger partial charge in [0.2, 0.25) is 0 Å². The zero-order valence-electron chi connectivity index (χ0n) is 16.9. The topological polar surface area (TPSA) is 44.8 Å². The first-order valence-corrected chi connectivity index (χ1v) is 10.3. The van der Waals surface area contributed by atoms with Crippen LogP contribution >= 0.6 is 0 Å². The van der Waals surface area contributed by atoms with Gasteiger partial charge in [-0.2, -0.15) is 0 Å². The van der Waals surface area contributed by atoms with E-state index in [4.69, 9.17) is 14.2 Å². The van der Waals surface area contributed by atoms with Crippen molar-refractivity contribution in [2.24, 2.45) is 0 Å². The SMILES string of the molecule is CCCCCCCOc1cccc(OCC(=O)Oc2cccc3ccccc23)c1. The molecular weight excluding hydrogens is 364 g/mol. The minimum atomic E-state index is -0.441. The molecule has 0 aliphatic heterocycles. The number of unbranched alkanes of at least 4 members (excludes halogenated alkanes) is 4. The molecule has 4 nitrogen and oxygen atoms in total. The van der Waals surface area contributed by atoms with E-state index in [-0.39, 0.29) is 6.61 Å². The fraction of sp³-hybridized carbons (Fsp3) is 0.320. The third-order valence-electron chi connectivity index (χ3n) is 4.65. The molecule has 29 heavy (non-hydrogen) atoms. The molecule has 3 rings (SSSR count). The van der Waals surface area contributed by atoms with Crippen LogP contribution in [0, 0.1) is 0 Å². The molecule has 0 atom stereocenters. The van der Waals surface area contributed by atoms with E-state index >= 15 is 0 Å². The van der Waals surface area contributed by atoms with Crippen molar-refractivity contribution in [3.05, 3.63) is 66.7 Å². The molecule has 0 saturated heterocycles. The molecule has 0 aliphatic rings. The average Bonchev–Trinajstić information content (AvgIpc) is 2.75. The number of benzene rings is 3. The maximum atomic E-state index is 12.2. The van der Waals surface area contributed by atoms with Crippen LogP contribution in [0.25, 0.3) is 10.8 Å². The molecule has 0 amide bonds. The number of carbonyl (C=O) groups excluding carboxylic acids is 1. The number of esters is 1. The molecule has 152 valence electrons. The zero-order chi connectivity index (χ0) is 20.3. The Morgan fingerprint density at radius 1 is 0.793 bits per heavy atom. The van der Waals surface area contributed by atoms with E-state index < -0.39 is 5.97 Å². The van der Waals surface area contributed by atoms with E-state index in [1.807, 2.05) is 48.5 Å². The number of hydrogen-bond donors (Lipinski definition) is 0. The average molecular weight is 392 g/mol. The predicted octanol–water partition coefficient (Wildman–Crippen LogP) is 6.17. The lowest BCUT2D eigenvalue weighted by Crippen LogP contribution is -2.17. The Kier molecular flexibility index (Phi) is 7.93. The van der Waals surface area contributed by atoms with Crippen LogP contribution in [0.2, 0.25) is 0 Å². The zero-order valence-corrected chi connectivity index (χ0v) is 16.9. The lowest BCUT2D eigenvalue weighted by Gasteiger charge is -2.10. The Labute approximate surface area is 172 Å². The largest absolute Gasteiger partial charge is 0.493 e. The molecule has 0 bridgehead atoms. The highest BCUT2D eigenvalue weighted by molar-refractivity contribution is 5.90. The summed E-state index contributed by atoms with van der Waals surface area (Å²) in [6.07, 6.45) is 6.00. The summed E-state index contributed by atoms with van der Waals surface area (Å²) in [7, 11) is 0. The number of hydrogen-bond acceptors (Lipinski definition) is 4. The number of ether oxygens (including phenoxy) is 3. The van der Waals surface area contributed by atoms with Gasteiger partial charge in [0.15, 0.2) is 6.61 Å². The van der Waals surface area contributed by atoms with Crippen molar-refractivity contribution >= 4 is 16.7 Å². The van der Waals surface area contributed by atoms with Crippen LogP contribution in [0.3, 0.4) is 0 Å². The molecule has 0 unspecified atom stereocenters. The van der Waals surface area contributed by atoms with Gasteiger partial charge in [-0.3, -0.25) is 0 Å². The number of carbonyl (C=O) groups is 1. The summed E-state index contributed by atoms with van der Waals surface area (Å²) in [6, 6.07) is 20.8. The highest BCUT2D eigenvalue weighted by Crippen LogP contribution is 2.25. The van der Waals surface area contributed by atoms with Gasteiger partial charge in [-0.05, 0) is 30.0 Å². The van der Waals surface area contributed by atoms with Crippen LogP contribution in [0.5, 0.6) is 17.2 Å². The van der Waals surface area contributed by atoms with Gasteiger partial charge in [0, 0.05) is 11.5 Å². The molecule has 0 N–H and O–H groups in total. The highest BCUT2D eigenvalue weighted by Gasteiger charge is 2.09. The quantitative estimate of drug-likeness (QED) is 0.222. The minimum absolute atomic E-state index is 0.163. The summed E-state index contributed by atoms with van der Waals surface area (Å²) in [4.78, 5) is 12.2. The van der Waals surface area contributed by atoms with Crippen molar-refractivity contribution in [2.45, 2.75) is 39.0 Å². The molecule has 0 aromatic heterocycles. The Morgan fingerprint density at radius 3 is 2.38 bits per heavy atom. The summed E-state index contributed by atoms with van der Waals surface area (Å²) in [6.45, 7) is 2.74. The van der Waals surface area contributed by atoms with E-state index in [1.165, 1.54) is 25.7 Å². The molecular formula is C25H28O4. The Bertz CT molecular complexity index is 914. The van der Waals surface area contributed by atoms with Crippen molar-refractivity contribution in [1.29, 1.82) is 0 Å². The van der Waals surface area contributed by atoms with Gasteiger partial charge >= 0.3 is 5.97 Å². The van der Waals surface area contributed by atoms with Gasteiger partial charge in [-0.15, -0.1) is 0 Å². The van der Waals surface area contributed by atoms with E-state index in [2.05, 4.69) is 6.92 Å². The first kappa shape index (κ1) is 20.7. The molecule has 0 heterocycles. The molecule has 3 aromatic rings. The third-order valence-corrected chi connectivity index (χ3v) is 4.65. The summed E-state index contributed by atoms with van der Waals surface area (Å²) in [5.41, 5.74) is 0. The lowest BCUT2D eigenvalue weighted by molar-refractivity contribution is -0.136. The first-order valence-electron chi connectivity index (χ1n) is 10.3. The molecule has 0 saturated carbocycles. The first-order chi connectivity index (χ1) is 14.3. The van der Waals surface area contributed by atoms with Crippen molar-refractivity contribution in [3.63, 3.8) is 0 Å². The fourth-order valence-corrected chi connectivity index (χ4v) is 3.13. The van der Waals surface area contributed by atoms with Gasteiger partial charge in [0.05, 0.1) is 6.61 Å². The summed E-state index contributed by atoms with van der Waals surface area (Å²) in [5.74, 6) is 1.43. The normalized spacial score (nSPS) is 10.7. The maximum absolute atomic E-state index is 12.2. The van der Waals surface area contributed by atoms with Crippen molar-refractivity contribution in [1.82, 2.24) is 0 Å². The predicted molar refractivity (Wildman–Crippen MR) is 116 cm³/mol. The number of fused-ring (bicyclic) bond motifs is 1. The Balaban J connectivity index is 1.47. The molecule has 0 fully saturated rings. The lowest BCUT2D eigenvalue weighted by atomic mass is 10.1. The molecule has 3 aromatic carbocycles. The molecule has 0 radical (unpaired) electrons. The van der Waals surface area contributed by atoms with Crippen LogP contribution in [0.1, 0.15) is 39.0 Å². The smallest absolute Gasteiger partial charge is 0.349 e. The van der Waals surface area contributed by atoms with E-state index in [1.54, 1.807) is 18.2 Å². The monoisotopic (exact) mass is 392 g/mol. The standard InChI is InChI=1S/C25H28O4/c1-2-3-4-5-8-17-27-21-13-10-14-22(18-21)28-19-25(26)29-24-16-9-12-20-11-6-7-15-23(20)24/h6-7,9-16,18H,2-5,8,17,19H2,1H3. The van der Waals surface area contributed by atoms with Crippen LogP contribution in [0.4, 0.5) is 0 Å². The van der Waals surface area contributed by atoms with E-state index in [9.17, 15) is 4.79 Å². The highest BCUT2D eigenvalue weighted by atomic mass is 16.6. The summed E-state index contributed by atoms with van der Waals surface area (Å²) < 4.78 is 16.9. The van der Waals surface area contributed by atoms with Crippen LogP contribution < -0.4 is 14.2 Å². The van der Waals surface area contributed by atoms with Crippen molar-refractivity contribution < 1.29 is 19.0 Å². The van der Waals surface area contributed by atoms with Crippen LogP contribution in [0.15, 0.2) is 66.7 Å². The minimum Gasteiger partial charge on any atom is -0.493 e. The van der Waals surface area contributed by atoms with Crippen LogP contribution in [-0.4, -0.2) is 19.2 Å². The second kappa shape index (κ2) is 11.1. The third kappa shape index (κ3) is 6.53. The van der Waals surface area contributed by atoms with Gasteiger partial charge in [0.25, 0.3) is 0 Å². The van der Waals surface area contributed by atoms with Gasteiger partial charge < -0.3 is 14.2 Å². The molecule has 0 aliphatic carbocycles. The van der Waals surface area contributed by atoms with E-state index in [0.717, 1.165) is 22.9 Å². The van der Waals surface area contributed by atoms with Crippen molar-refractivity contribution in [3.8, 4) is 17.2 Å². The Morgan fingerprint density at radius 2 is 1.52 bits per heavy atom. The van der Waals surface area contributed by atoms with Crippen molar-refractivity contribution in [2.75, 3.05) is 13.2 Å². The van der Waals surface area contributed by atoms with Gasteiger partial charge in [0.1, 0.15) is 17.2 Å². The second-order valence-electron chi connectivity index (χ2n) is 6.98. The fourth-order valence-electron chi connectivity index (χ4n) is 3.13. The molecule has 4 heteroatoms. The van der Waals surface area contributed by atoms with E-state index in [0.29, 0.717) is 18.1 Å². The summed E-state index contributed by atoms with van der Waals surface area (Å²) in [5, 5.41) is 1.93.